The molecule has 75 heavy (non-hydrogen) atoms. The van der Waals surface area contributed by atoms with E-state index in [-0.39, 0.29) is 37.9 Å². The van der Waals surface area contributed by atoms with Gasteiger partial charge in [-0.05, 0) is 115 Å². The summed E-state index contributed by atoms with van der Waals surface area (Å²) in [4.78, 5) is 37.7. The number of allylic oxidation sites excluding steroid dienone is 17. The number of hydrogen-bond donors (Lipinski definition) is 2. The third kappa shape index (κ3) is 55.2. The van der Waals surface area contributed by atoms with E-state index < -0.39 is 20.0 Å². The molecular weight excluding hydrogens is 952 g/mol. The first-order valence-corrected chi connectivity index (χ1v) is 31.7. The Kier molecular flexibility index (Phi) is 51.6. The summed E-state index contributed by atoms with van der Waals surface area (Å²) in [5.74, 6) is -0.570. The van der Waals surface area contributed by atoms with Crippen molar-refractivity contribution < 1.29 is 37.3 Å². The number of rotatable bonds is 53. The largest absolute Gasteiger partial charge is 0.472 e. The first-order chi connectivity index (χ1) is 36.4. The molecule has 0 aromatic rings. The fraction of sp³-hybridized carbons (Fsp3) is 0.692. The van der Waals surface area contributed by atoms with E-state index in [1.807, 2.05) is 33.3 Å². The second kappa shape index (κ2) is 54.0. The number of hydrogen-bond acceptors (Lipinski definition) is 6. The van der Waals surface area contributed by atoms with Gasteiger partial charge in [-0.1, -0.05) is 220 Å². The van der Waals surface area contributed by atoms with Crippen molar-refractivity contribution in [3.63, 3.8) is 0 Å². The van der Waals surface area contributed by atoms with E-state index in [2.05, 4.69) is 123 Å². The monoisotopic (exact) mass is 1070 g/mol. The van der Waals surface area contributed by atoms with Crippen molar-refractivity contribution in [2.75, 3.05) is 40.9 Å². The number of phosphoric acid groups is 1. The lowest BCUT2D eigenvalue weighted by Gasteiger charge is -2.27. The van der Waals surface area contributed by atoms with Crippen LogP contribution >= 0.6 is 7.82 Å². The lowest BCUT2D eigenvalue weighted by Crippen LogP contribution is -2.47. The fourth-order valence-electron chi connectivity index (χ4n) is 8.03. The summed E-state index contributed by atoms with van der Waals surface area (Å²) in [7, 11) is 1.45. The smallest absolute Gasteiger partial charge is 0.456 e. The van der Waals surface area contributed by atoms with Crippen molar-refractivity contribution >= 4 is 19.7 Å². The molecule has 10 heteroatoms. The van der Waals surface area contributed by atoms with E-state index in [9.17, 15) is 19.0 Å². The lowest BCUT2D eigenvalue weighted by atomic mass is 10.1. The van der Waals surface area contributed by atoms with Crippen LogP contribution in [0.2, 0.25) is 0 Å². The maximum atomic E-state index is 13.5. The molecule has 0 aromatic carbocycles. The van der Waals surface area contributed by atoms with Gasteiger partial charge in [-0.25, -0.2) is 4.57 Å². The predicted molar refractivity (Wildman–Crippen MR) is 323 cm³/mol. The molecule has 0 bridgehead atoms. The molecule has 0 spiro atoms. The quantitative estimate of drug-likeness (QED) is 0.0205. The number of amides is 1. The highest BCUT2D eigenvalue weighted by atomic mass is 31.2. The molecule has 430 valence electrons. The van der Waals surface area contributed by atoms with Crippen LogP contribution in [-0.4, -0.2) is 74.3 Å². The third-order valence-corrected chi connectivity index (χ3v) is 13.7. The van der Waals surface area contributed by atoms with Gasteiger partial charge < -0.3 is 19.4 Å². The summed E-state index contributed by atoms with van der Waals surface area (Å²) in [6.45, 7) is 6.81. The molecule has 9 nitrogen and oxygen atoms in total. The Hall–Kier alpha value is -3.33. The van der Waals surface area contributed by atoms with Crippen LogP contribution in [-0.2, 0) is 27.9 Å². The van der Waals surface area contributed by atoms with Crippen molar-refractivity contribution in [3.05, 3.63) is 109 Å². The minimum atomic E-state index is -4.47. The number of likely N-dealkylation sites (N-methyl/N-ethyl adjacent to an activating group) is 1. The number of esters is 1. The lowest BCUT2D eigenvalue weighted by molar-refractivity contribution is -0.870. The molecule has 0 aliphatic heterocycles. The molecule has 1 amide bonds. The topological polar surface area (TPSA) is 111 Å². The molecule has 3 unspecified atom stereocenters. The van der Waals surface area contributed by atoms with Crippen LogP contribution in [0.3, 0.4) is 0 Å². The SMILES string of the molecule is CC/C=C/C/C=C/C/C=C/C/C=C/CCCCCC(=O)NC(COP(=O)(O)OCC[N+](C)(C)C)C(/C=C/CCCCCCCCCCCC)OC(=O)CCCCCCC/C=C\C/C=C\C/C=C\C/C=C\CCCCC. The number of carbonyl (C=O) groups is 2. The van der Waals surface area contributed by atoms with Crippen LogP contribution in [0.4, 0.5) is 0 Å². The molecule has 0 radical (unpaired) electrons. The third-order valence-electron chi connectivity index (χ3n) is 12.7. The number of nitrogens with zero attached hydrogens (tertiary/aromatic N) is 1. The molecule has 0 aliphatic rings. The van der Waals surface area contributed by atoms with Gasteiger partial charge in [-0.15, -0.1) is 0 Å². The molecule has 0 rings (SSSR count). The van der Waals surface area contributed by atoms with Crippen molar-refractivity contribution in [3.8, 4) is 0 Å². The number of ether oxygens (including phenoxy) is 1. The zero-order chi connectivity index (χ0) is 55.0. The van der Waals surface area contributed by atoms with Crippen molar-refractivity contribution in [1.29, 1.82) is 0 Å². The Morgan fingerprint density at radius 3 is 1.32 bits per heavy atom. The maximum Gasteiger partial charge on any atom is 0.472 e. The zero-order valence-corrected chi connectivity index (χ0v) is 49.9. The van der Waals surface area contributed by atoms with Crippen LogP contribution in [0, 0.1) is 0 Å². The summed E-state index contributed by atoms with van der Waals surface area (Å²) < 4.78 is 30.6. The minimum absolute atomic E-state index is 0.0247. The normalized spacial score (nSPS) is 14.5. The second-order valence-corrected chi connectivity index (χ2v) is 22.6. The van der Waals surface area contributed by atoms with Crippen LogP contribution < -0.4 is 5.32 Å². The summed E-state index contributed by atoms with van der Waals surface area (Å²) in [6.07, 6.45) is 73.7. The Morgan fingerprint density at radius 2 is 0.853 bits per heavy atom. The van der Waals surface area contributed by atoms with Crippen molar-refractivity contribution in [1.82, 2.24) is 5.32 Å². The summed E-state index contributed by atoms with van der Waals surface area (Å²) in [5.41, 5.74) is 0. The van der Waals surface area contributed by atoms with Gasteiger partial charge in [-0.2, -0.15) is 0 Å². The molecule has 3 atom stereocenters. The highest BCUT2D eigenvalue weighted by Gasteiger charge is 2.30. The zero-order valence-electron chi connectivity index (χ0n) is 49.0. The number of quaternary nitrogens is 1. The molecule has 0 saturated carbocycles. The number of nitrogens with one attached hydrogen (secondary N) is 1. The van der Waals surface area contributed by atoms with Crippen LogP contribution in [0.1, 0.15) is 239 Å². The van der Waals surface area contributed by atoms with Crippen molar-refractivity contribution in [2.24, 2.45) is 0 Å². The molecule has 0 fully saturated rings. The maximum absolute atomic E-state index is 13.5. The molecule has 2 N–H and O–H groups in total. The van der Waals surface area contributed by atoms with Crippen LogP contribution in [0.5, 0.6) is 0 Å². The molecule has 0 aliphatic carbocycles. The van der Waals surface area contributed by atoms with E-state index >= 15 is 0 Å². The van der Waals surface area contributed by atoms with E-state index in [1.54, 1.807) is 0 Å². The standard InChI is InChI=1S/C65H113N2O7P/c1-7-10-13-16-19-22-25-28-30-32-33-34-35-36-38-40-43-46-49-52-55-58-65(69)74-63(56-53-50-47-44-41-27-24-21-18-15-12-9-3)62(61-73-75(70,71)72-60-59-67(4,5)6)66-64(68)57-54-51-48-45-42-39-37-31-29-26-23-20-17-14-11-8-2/h11,14,19-20,22-23,28-31,33-34,36,38-39,42,53,56,62-63H,7-10,12-13,15-18,21,24-27,32,35,37,40-41,43-52,54-55,57-61H2,1-6H3,(H-,66,68,70,71)/p+1/b14-11+,22-19-,23-20+,30-28-,31-29+,34-33-,38-36-,42-39+,56-53+. The first kappa shape index (κ1) is 71.7. The first-order valence-electron chi connectivity index (χ1n) is 30.2. The number of carbonyl (C=O) groups excluding carboxylic acids is 2. The van der Waals surface area contributed by atoms with Crippen molar-refractivity contribution in [2.45, 2.75) is 251 Å². The Bertz CT molecular complexity index is 1650. The van der Waals surface area contributed by atoms with Gasteiger partial charge >= 0.3 is 13.8 Å². The average Bonchev–Trinajstić information content (AvgIpc) is 3.37. The Morgan fingerprint density at radius 1 is 0.480 bits per heavy atom. The minimum Gasteiger partial charge on any atom is -0.456 e. The summed E-state index contributed by atoms with van der Waals surface area (Å²) in [6, 6.07) is -0.880. The predicted octanol–water partition coefficient (Wildman–Crippen LogP) is 18.6. The van der Waals surface area contributed by atoms with E-state index in [4.69, 9.17) is 13.8 Å². The van der Waals surface area contributed by atoms with Gasteiger partial charge in [0, 0.05) is 12.8 Å². The highest BCUT2D eigenvalue weighted by Crippen LogP contribution is 2.43. The fourth-order valence-corrected chi connectivity index (χ4v) is 8.77. The van der Waals surface area contributed by atoms with Crippen LogP contribution in [0.15, 0.2) is 109 Å². The van der Waals surface area contributed by atoms with E-state index in [0.29, 0.717) is 23.9 Å². The molecule has 0 heterocycles. The van der Waals surface area contributed by atoms with Gasteiger partial charge in [0.1, 0.15) is 19.3 Å². The van der Waals surface area contributed by atoms with Gasteiger partial charge in [0.2, 0.25) is 5.91 Å². The van der Waals surface area contributed by atoms with Gasteiger partial charge in [0.05, 0.1) is 33.8 Å². The number of unbranched alkanes of at least 4 members (excludes halogenated alkanes) is 21. The van der Waals surface area contributed by atoms with Gasteiger partial charge in [0.15, 0.2) is 0 Å². The van der Waals surface area contributed by atoms with Gasteiger partial charge in [0.25, 0.3) is 0 Å². The van der Waals surface area contributed by atoms with Crippen LogP contribution in [0.25, 0.3) is 0 Å². The highest BCUT2D eigenvalue weighted by molar-refractivity contribution is 7.47. The Balaban J connectivity index is 5.38. The summed E-state index contributed by atoms with van der Waals surface area (Å²) in [5, 5.41) is 3.03. The summed E-state index contributed by atoms with van der Waals surface area (Å²) >= 11 is 0. The molecular formula is C65H114N2O7P+. The number of phosphoric ester groups is 1. The van der Waals surface area contributed by atoms with E-state index in [1.165, 1.54) is 77.0 Å². The average molecular weight is 1070 g/mol. The Labute approximate surface area is 461 Å². The second-order valence-electron chi connectivity index (χ2n) is 21.1. The van der Waals surface area contributed by atoms with Gasteiger partial charge in [-0.3, -0.25) is 18.6 Å². The molecule has 0 aromatic heterocycles. The molecule has 0 saturated heterocycles. The van der Waals surface area contributed by atoms with E-state index in [0.717, 1.165) is 116 Å².